The maximum absolute atomic E-state index is 5.51. The molecule has 0 saturated carbocycles. The van der Waals surface area contributed by atoms with Crippen molar-refractivity contribution in [3.05, 3.63) is 29.8 Å². The Morgan fingerprint density at radius 1 is 1.33 bits per heavy atom. The molecule has 1 aliphatic rings. The van der Waals surface area contributed by atoms with Gasteiger partial charge in [0.15, 0.2) is 0 Å². The molecule has 18 heavy (non-hydrogen) atoms. The summed E-state index contributed by atoms with van der Waals surface area (Å²) in [6.07, 6.45) is 5.20. The number of hydrazine groups is 1. The van der Waals surface area contributed by atoms with Crippen LogP contribution < -0.4 is 10.2 Å². The number of benzene rings is 1. The van der Waals surface area contributed by atoms with E-state index in [9.17, 15) is 0 Å². The molecule has 4 heteroatoms. The van der Waals surface area contributed by atoms with Gasteiger partial charge in [0.1, 0.15) is 12.4 Å². The monoisotopic (exact) mass is 246 g/mol. The molecule has 0 aliphatic carbocycles. The van der Waals surface area contributed by atoms with Gasteiger partial charge >= 0.3 is 0 Å². The molecule has 1 aliphatic heterocycles. The van der Waals surface area contributed by atoms with E-state index in [-0.39, 0.29) is 0 Å². The average molecular weight is 246 g/mol. The van der Waals surface area contributed by atoms with E-state index in [4.69, 9.17) is 15.9 Å². The van der Waals surface area contributed by atoms with Crippen molar-refractivity contribution in [2.45, 2.75) is 6.54 Å². The minimum absolute atomic E-state index is 0.300. The zero-order chi connectivity index (χ0) is 12.6. The average Bonchev–Trinajstić information content (AvgIpc) is 2.45. The molecule has 2 rings (SSSR count). The Bertz CT molecular complexity index is 409. The van der Waals surface area contributed by atoms with E-state index in [0.717, 1.165) is 44.2 Å². The fourth-order valence-electron chi connectivity index (χ4n) is 1.83. The summed E-state index contributed by atoms with van der Waals surface area (Å²) >= 11 is 0. The van der Waals surface area contributed by atoms with Crippen molar-refractivity contribution in [1.82, 2.24) is 10.4 Å². The van der Waals surface area contributed by atoms with Gasteiger partial charge < -0.3 is 9.47 Å². The van der Waals surface area contributed by atoms with E-state index in [1.807, 2.05) is 24.3 Å². The second-order valence-corrected chi connectivity index (χ2v) is 4.03. The van der Waals surface area contributed by atoms with Gasteiger partial charge in [-0.15, -0.1) is 6.42 Å². The lowest BCUT2D eigenvalue weighted by Crippen LogP contribution is -2.45. The molecule has 1 N–H and O–H groups in total. The number of hydrogen-bond donors (Lipinski definition) is 1. The van der Waals surface area contributed by atoms with E-state index in [0.29, 0.717) is 6.61 Å². The summed E-state index contributed by atoms with van der Waals surface area (Å²) in [7, 11) is 0. The van der Waals surface area contributed by atoms with Gasteiger partial charge in [-0.3, -0.25) is 5.43 Å². The van der Waals surface area contributed by atoms with Crippen molar-refractivity contribution in [2.75, 3.05) is 32.9 Å². The van der Waals surface area contributed by atoms with Gasteiger partial charge in [-0.05, 0) is 6.07 Å². The van der Waals surface area contributed by atoms with Gasteiger partial charge in [0, 0.05) is 25.2 Å². The maximum Gasteiger partial charge on any atom is 0.148 e. The summed E-state index contributed by atoms with van der Waals surface area (Å²) in [5.74, 6) is 3.32. The maximum atomic E-state index is 5.51. The Balaban J connectivity index is 1.89. The fourth-order valence-corrected chi connectivity index (χ4v) is 1.83. The third-order valence-electron chi connectivity index (χ3n) is 2.79. The highest BCUT2D eigenvalue weighted by Gasteiger charge is 2.10. The summed E-state index contributed by atoms with van der Waals surface area (Å²) in [5, 5.41) is 2.17. The Kier molecular flexibility index (Phi) is 5.03. The lowest BCUT2D eigenvalue weighted by atomic mass is 10.2. The quantitative estimate of drug-likeness (QED) is 0.787. The predicted molar refractivity (Wildman–Crippen MR) is 70.0 cm³/mol. The molecule has 1 aromatic rings. The van der Waals surface area contributed by atoms with Crippen LogP contribution >= 0.6 is 0 Å². The number of ether oxygens (including phenoxy) is 2. The number of nitrogens with zero attached hydrogens (tertiary/aromatic N) is 1. The molecular formula is C14H18N2O2. The van der Waals surface area contributed by atoms with Crippen LogP contribution in [0.3, 0.4) is 0 Å². The highest BCUT2D eigenvalue weighted by Crippen LogP contribution is 2.17. The molecule has 0 unspecified atom stereocenters. The van der Waals surface area contributed by atoms with E-state index < -0.39 is 0 Å². The lowest BCUT2D eigenvalue weighted by molar-refractivity contribution is 0.0104. The van der Waals surface area contributed by atoms with Gasteiger partial charge in [0.2, 0.25) is 0 Å². The van der Waals surface area contributed by atoms with Crippen molar-refractivity contribution in [1.29, 1.82) is 0 Å². The Morgan fingerprint density at radius 2 is 2.11 bits per heavy atom. The first-order valence-corrected chi connectivity index (χ1v) is 6.10. The van der Waals surface area contributed by atoms with Crippen LogP contribution in [-0.4, -0.2) is 37.9 Å². The molecule has 0 aromatic heterocycles. The van der Waals surface area contributed by atoms with Crippen molar-refractivity contribution in [2.24, 2.45) is 0 Å². The van der Waals surface area contributed by atoms with Crippen LogP contribution in [0.5, 0.6) is 5.75 Å². The smallest absolute Gasteiger partial charge is 0.148 e. The van der Waals surface area contributed by atoms with E-state index >= 15 is 0 Å². The van der Waals surface area contributed by atoms with E-state index in [2.05, 4.69) is 16.4 Å². The van der Waals surface area contributed by atoms with E-state index in [1.165, 1.54) is 0 Å². The normalized spacial score (nSPS) is 16.2. The number of nitrogens with one attached hydrogen (secondary N) is 1. The van der Waals surface area contributed by atoms with Gasteiger partial charge in [-0.2, -0.15) is 0 Å². The Morgan fingerprint density at radius 3 is 2.89 bits per heavy atom. The Hall–Kier alpha value is -1.54. The minimum atomic E-state index is 0.300. The van der Waals surface area contributed by atoms with Crippen molar-refractivity contribution >= 4 is 0 Å². The van der Waals surface area contributed by atoms with Crippen molar-refractivity contribution < 1.29 is 9.47 Å². The minimum Gasteiger partial charge on any atom is -0.481 e. The number of hydrogen-bond acceptors (Lipinski definition) is 4. The molecule has 0 bridgehead atoms. The topological polar surface area (TPSA) is 33.7 Å². The van der Waals surface area contributed by atoms with Crippen LogP contribution in [0.15, 0.2) is 24.3 Å². The first-order valence-electron chi connectivity index (χ1n) is 6.10. The molecule has 1 fully saturated rings. The van der Waals surface area contributed by atoms with Crippen molar-refractivity contribution in [3.8, 4) is 18.1 Å². The summed E-state index contributed by atoms with van der Waals surface area (Å²) in [5.41, 5.74) is 4.49. The summed E-state index contributed by atoms with van der Waals surface area (Å²) in [6, 6.07) is 7.93. The number of terminal acetylenes is 1. The number of rotatable bonds is 5. The van der Waals surface area contributed by atoms with Gasteiger partial charge in [-0.25, -0.2) is 5.01 Å². The third kappa shape index (κ3) is 3.74. The molecule has 0 spiro atoms. The Labute approximate surface area is 108 Å². The third-order valence-corrected chi connectivity index (χ3v) is 2.79. The van der Waals surface area contributed by atoms with E-state index in [1.54, 1.807) is 0 Å². The summed E-state index contributed by atoms with van der Waals surface area (Å²) < 4.78 is 10.8. The van der Waals surface area contributed by atoms with Crippen LogP contribution in [-0.2, 0) is 11.3 Å². The fraction of sp³-hybridized carbons (Fsp3) is 0.429. The first kappa shape index (κ1) is 12.9. The van der Waals surface area contributed by atoms with Gasteiger partial charge in [0.05, 0.1) is 13.2 Å². The van der Waals surface area contributed by atoms with Gasteiger partial charge in [-0.1, -0.05) is 24.1 Å². The predicted octanol–water partition coefficient (Wildman–Crippen LogP) is 1.04. The molecule has 1 heterocycles. The highest BCUT2D eigenvalue weighted by molar-refractivity contribution is 5.33. The molecule has 1 saturated heterocycles. The standard InChI is InChI=1S/C14H18N2O2/c1-2-9-18-14-6-4-3-5-13(14)12-15-16-7-10-17-11-8-16/h1,3-6,15H,7-12H2. The van der Waals surface area contributed by atoms with Crippen LogP contribution in [0.2, 0.25) is 0 Å². The molecule has 0 amide bonds. The van der Waals surface area contributed by atoms with Crippen LogP contribution in [0, 0.1) is 12.3 Å². The zero-order valence-electron chi connectivity index (χ0n) is 10.4. The van der Waals surface area contributed by atoms with Gasteiger partial charge in [0.25, 0.3) is 0 Å². The highest BCUT2D eigenvalue weighted by atomic mass is 16.5. The number of para-hydroxylation sites is 1. The molecule has 0 radical (unpaired) electrons. The second-order valence-electron chi connectivity index (χ2n) is 4.03. The van der Waals surface area contributed by atoms with Crippen LogP contribution in [0.25, 0.3) is 0 Å². The largest absolute Gasteiger partial charge is 0.481 e. The number of morpholine rings is 1. The second kappa shape index (κ2) is 7.02. The molecular weight excluding hydrogens is 228 g/mol. The van der Waals surface area contributed by atoms with Crippen molar-refractivity contribution in [3.63, 3.8) is 0 Å². The zero-order valence-corrected chi connectivity index (χ0v) is 10.4. The molecule has 96 valence electrons. The van der Waals surface area contributed by atoms with Crippen LogP contribution in [0.1, 0.15) is 5.56 Å². The molecule has 1 aromatic carbocycles. The van der Waals surface area contributed by atoms with Crippen LogP contribution in [0.4, 0.5) is 0 Å². The first-order chi connectivity index (χ1) is 8.90. The SMILES string of the molecule is C#CCOc1ccccc1CNN1CCOCC1. The molecule has 4 nitrogen and oxygen atoms in total. The lowest BCUT2D eigenvalue weighted by Gasteiger charge is -2.27. The summed E-state index contributed by atoms with van der Waals surface area (Å²) in [6.45, 7) is 4.42. The summed E-state index contributed by atoms with van der Waals surface area (Å²) in [4.78, 5) is 0. The molecule has 0 atom stereocenters.